The number of hydrogen-bond donors (Lipinski definition) is 2. The highest BCUT2D eigenvalue weighted by Crippen LogP contribution is 2.23. The van der Waals surface area contributed by atoms with E-state index in [1.807, 2.05) is 6.92 Å². The van der Waals surface area contributed by atoms with Gasteiger partial charge in [0.2, 0.25) is 21.8 Å². The van der Waals surface area contributed by atoms with Crippen LogP contribution >= 0.6 is 0 Å². The smallest absolute Gasteiger partial charge is 0.248 e. The van der Waals surface area contributed by atoms with Gasteiger partial charge in [-0.1, -0.05) is 0 Å². The molecule has 2 heterocycles. The first-order valence-corrected chi connectivity index (χ1v) is 9.91. The molecule has 9 nitrogen and oxygen atoms in total. The average molecular weight is 391 g/mol. The summed E-state index contributed by atoms with van der Waals surface area (Å²) in [6.45, 7) is 2.33. The van der Waals surface area contributed by atoms with Crippen LogP contribution in [-0.4, -0.2) is 42.6 Å². The first-order chi connectivity index (χ1) is 12.7. The third-order valence-electron chi connectivity index (χ3n) is 4.44. The van der Waals surface area contributed by atoms with Gasteiger partial charge in [0.1, 0.15) is 11.9 Å². The van der Waals surface area contributed by atoms with Gasteiger partial charge in [-0.15, -0.1) is 0 Å². The molecule has 3 N–H and O–H groups in total. The zero-order valence-corrected chi connectivity index (χ0v) is 15.9. The van der Waals surface area contributed by atoms with Crippen LogP contribution in [-0.2, 0) is 21.9 Å². The normalized spacial score (nSPS) is 17.9. The molecule has 10 heteroatoms. The number of benzene rings is 1. The Labute approximate surface area is 157 Å². The Balaban J connectivity index is 1.80. The zero-order chi connectivity index (χ0) is 19.8. The number of carbonyl (C=O) groups excluding carboxylic acids is 2. The third-order valence-corrected chi connectivity index (χ3v) is 5.93. The molecule has 1 aromatic heterocycles. The summed E-state index contributed by atoms with van der Waals surface area (Å²) in [7, 11) is -2.18. The number of amides is 2. The van der Waals surface area contributed by atoms with Crippen molar-refractivity contribution in [1.82, 2.24) is 14.5 Å². The Bertz CT molecular complexity index is 981. The average Bonchev–Trinajstić information content (AvgIpc) is 2.95. The monoisotopic (exact) mass is 391 g/mol. The summed E-state index contributed by atoms with van der Waals surface area (Å²) < 4.78 is 29.3. The summed E-state index contributed by atoms with van der Waals surface area (Å²) in [4.78, 5) is 25.5. The Kier molecular flexibility index (Phi) is 5.03. The highest BCUT2D eigenvalue weighted by Gasteiger charge is 2.34. The van der Waals surface area contributed by atoms with E-state index in [9.17, 15) is 18.0 Å². The van der Waals surface area contributed by atoms with Gasteiger partial charge < -0.3 is 5.73 Å². The number of nitrogens with one attached hydrogen (secondary N) is 1. The van der Waals surface area contributed by atoms with Gasteiger partial charge in [0, 0.05) is 25.2 Å². The molecule has 1 aliphatic heterocycles. The Hall–Kier alpha value is -2.72. The van der Waals surface area contributed by atoms with Crippen LogP contribution in [0.2, 0.25) is 0 Å². The van der Waals surface area contributed by atoms with E-state index in [1.165, 1.54) is 24.3 Å². The van der Waals surface area contributed by atoms with E-state index < -0.39 is 22.0 Å². The minimum Gasteiger partial charge on any atom is -0.366 e. The lowest BCUT2D eigenvalue weighted by Crippen LogP contribution is -2.52. The lowest BCUT2D eigenvalue weighted by molar-refractivity contribution is -0.121. The summed E-state index contributed by atoms with van der Waals surface area (Å²) in [5.74, 6) is -0.328. The molecular weight excluding hydrogens is 370 g/mol. The fraction of sp³-hybridized carbons (Fsp3) is 0.353. The molecule has 144 valence electrons. The third kappa shape index (κ3) is 3.86. The van der Waals surface area contributed by atoms with Crippen LogP contribution in [0, 0.1) is 6.92 Å². The molecule has 3 rings (SSSR count). The van der Waals surface area contributed by atoms with Gasteiger partial charge in [0.05, 0.1) is 10.6 Å². The maximum absolute atomic E-state index is 12.8. The zero-order valence-electron chi connectivity index (χ0n) is 15.0. The number of piperidine rings is 1. The first kappa shape index (κ1) is 19.1. The molecule has 27 heavy (non-hydrogen) atoms. The number of primary amides is 1. The van der Waals surface area contributed by atoms with Crippen molar-refractivity contribution in [2.45, 2.75) is 30.7 Å². The molecule has 2 amide bonds. The van der Waals surface area contributed by atoms with E-state index in [-0.39, 0.29) is 16.4 Å². The summed E-state index contributed by atoms with van der Waals surface area (Å²) in [6, 6.07) is 6.18. The predicted molar refractivity (Wildman–Crippen MR) is 98.6 cm³/mol. The van der Waals surface area contributed by atoms with E-state index in [1.54, 1.807) is 22.7 Å². The van der Waals surface area contributed by atoms with Crippen LogP contribution in [0.25, 0.3) is 0 Å². The lowest BCUT2D eigenvalue weighted by atomic mass is 10.1. The number of rotatable bonds is 5. The van der Waals surface area contributed by atoms with Crippen LogP contribution in [0.5, 0.6) is 0 Å². The lowest BCUT2D eigenvalue weighted by Gasteiger charge is -2.32. The van der Waals surface area contributed by atoms with Crippen molar-refractivity contribution in [1.29, 1.82) is 0 Å². The molecule has 0 radical (unpaired) electrons. The van der Waals surface area contributed by atoms with Crippen LogP contribution < -0.4 is 15.4 Å². The minimum absolute atomic E-state index is 0.0335. The quantitative estimate of drug-likeness (QED) is 0.758. The van der Waals surface area contributed by atoms with Crippen molar-refractivity contribution in [3.8, 4) is 0 Å². The van der Waals surface area contributed by atoms with Crippen molar-refractivity contribution < 1.29 is 18.0 Å². The highest BCUT2D eigenvalue weighted by molar-refractivity contribution is 7.89. The number of hydrogen-bond acceptors (Lipinski definition) is 5. The second-order valence-electron chi connectivity index (χ2n) is 6.46. The number of aryl methyl sites for hydroxylation is 2. The number of anilines is 1. The van der Waals surface area contributed by atoms with E-state index in [2.05, 4.69) is 9.82 Å². The second kappa shape index (κ2) is 7.12. The molecule has 0 aliphatic carbocycles. The van der Waals surface area contributed by atoms with Gasteiger partial charge in [0.25, 0.3) is 0 Å². The van der Waals surface area contributed by atoms with Gasteiger partial charge in [0.15, 0.2) is 0 Å². The molecule has 1 aromatic carbocycles. The number of sulfonamides is 1. The number of aromatic nitrogens is 2. The van der Waals surface area contributed by atoms with Crippen LogP contribution in [0.15, 0.2) is 35.2 Å². The van der Waals surface area contributed by atoms with Crippen molar-refractivity contribution in [3.63, 3.8) is 0 Å². The standard InChI is InChI=1S/C17H21N5O4S/c1-11-10-15(21(2)19-11)22-9-3-4-14(17(22)24)20-27(25,26)13-7-5-12(6-8-13)16(18)23/h5-8,10,14,20H,3-4,9H2,1-2H3,(H2,18,23)/t14-/m0/s1. The molecule has 0 saturated carbocycles. The SMILES string of the molecule is Cc1cc(N2CCC[C@H](NS(=O)(=O)c3ccc(C(N)=O)cc3)C2=O)n(C)n1. The Morgan fingerprint density at radius 1 is 1.30 bits per heavy atom. The molecule has 1 saturated heterocycles. The van der Waals surface area contributed by atoms with E-state index in [0.717, 1.165) is 5.69 Å². The van der Waals surface area contributed by atoms with Crippen molar-refractivity contribution >= 4 is 27.7 Å². The van der Waals surface area contributed by atoms with Crippen LogP contribution in [0.3, 0.4) is 0 Å². The second-order valence-corrected chi connectivity index (χ2v) is 8.18. The van der Waals surface area contributed by atoms with Crippen LogP contribution in [0.4, 0.5) is 5.82 Å². The topological polar surface area (TPSA) is 127 Å². The van der Waals surface area contributed by atoms with Crippen LogP contribution in [0.1, 0.15) is 28.9 Å². The molecule has 0 bridgehead atoms. The van der Waals surface area contributed by atoms with E-state index in [4.69, 9.17) is 5.73 Å². The van der Waals surface area contributed by atoms with Gasteiger partial charge in [-0.2, -0.15) is 9.82 Å². The van der Waals surface area contributed by atoms with Gasteiger partial charge in [-0.25, -0.2) is 8.42 Å². The molecule has 1 atom stereocenters. The maximum atomic E-state index is 12.8. The molecule has 1 aliphatic rings. The van der Waals surface area contributed by atoms with Crippen molar-refractivity contribution in [2.75, 3.05) is 11.4 Å². The van der Waals surface area contributed by atoms with E-state index >= 15 is 0 Å². The number of nitrogens with zero attached hydrogens (tertiary/aromatic N) is 3. The predicted octanol–water partition coefficient (Wildman–Crippen LogP) is 0.301. The van der Waals surface area contributed by atoms with Crippen molar-refractivity contribution in [2.24, 2.45) is 12.8 Å². The summed E-state index contributed by atoms with van der Waals surface area (Å²) in [5.41, 5.74) is 6.15. The Morgan fingerprint density at radius 3 is 2.52 bits per heavy atom. The summed E-state index contributed by atoms with van der Waals surface area (Å²) in [6.07, 6.45) is 1.06. The molecule has 2 aromatic rings. The maximum Gasteiger partial charge on any atom is 0.248 e. The minimum atomic E-state index is -3.92. The fourth-order valence-electron chi connectivity index (χ4n) is 3.12. The number of nitrogens with two attached hydrogens (primary N) is 1. The van der Waals surface area contributed by atoms with Gasteiger partial charge >= 0.3 is 0 Å². The van der Waals surface area contributed by atoms with Crippen molar-refractivity contribution in [3.05, 3.63) is 41.6 Å². The van der Waals surface area contributed by atoms with Gasteiger partial charge in [-0.05, 0) is 44.0 Å². The fourth-order valence-corrected chi connectivity index (χ4v) is 4.34. The largest absolute Gasteiger partial charge is 0.366 e. The molecular formula is C17H21N5O4S. The Morgan fingerprint density at radius 2 is 1.96 bits per heavy atom. The molecule has 1 fully saturated rings. The van der Waals surface area contributed by atoms with Gasteiger partial charge in [-0.3, -0.25) is 19.2 Å². The summed E-state index contributed by atoms with van der Waals surface area (Å²) >= 11 is 0. The molecule has 0 spiro atoms. The summed E-state index contributed by atoms with van der Waals surface area (Å²) in [5, 5.41) is 4.24. The first-order valence-electron chi connectivity index (χ1n) is 8.43. The number of carbonyl (C=O) groups is 2. The highest BCUT2D eigenvalue weighted by atomic mass is 32.2. The molecule has 0 unspecified atom stereocenters. The van der Waals surface area contributed by atoms with E-state index in [0.29, 0.717) is 25.2 Å².